The van der Waals surface area contributed by atoms with Crippen molar-refractivity contribution in [2.45, 2.75) is 0 Å². The van der Waals surface area contributed by atoms with Gasteiger partial charge in [0.05, 0.1) is 21.9 Å². The molecule has 0 amide bonds. The average molecular weight is 645 g/mol. The summed E-state index contributed by atoms with van der Waals surface area (Å²) in [6.07, 6.45) is 1.84. The second-order valence-electron chi connectivity index (χ2n) is 12.7. The van der Waals surface area contributed by atoms with Crippen molar-refractivity contribution in [3.05, 3.63) is 176 Å². The number of fused-ring (bicyclic) bond motifs is 8. The van der Waals surface area contributed by atoms with Gasteiger partial charge in [-0.2, -0.15) is 0 Å². The lowest BCUT2D eigenvalue weighted by atomic mass is 9.99. The van der Waals surface area contributed by atoms with E-state index in [2.05, 4.69) is 131 Å². The highest BCUT2D eigenvalue weighted by atomic mass is 31.2. The Morgan fingerprint density at radius 3 is 2.00 bits per heavy atom. The molecule has 0 bridgehead atoms. The monoisotopic (exact) mass is 644 g/mol. The molecule has 3 nitrogen and oxygen atoms in total. The summed E-state index contributed by atoms with van der Waals surface area (Å²) in [5.74, 6) is 0. The maximum absolute atomic E-state index is 15.8. The van der Waals surface area contributed by atoms with Crippen molar-refractivity contribution in [3.8, 4) is 39.1 Å². The predicted octanol–water partition coefficient (Wildman–Crippen LogP) is 10.3. The highest BCUT2D eigenvalue weighted by Gasteiger charge is 2.42. The molecule has 0 spiro atoms. The molecule has 0 N–H and O–H groups in total. The highest BCUT2D eigenvalue weighted by molar-refractivity contribution is 7.86. The summed E-state index contributed by atoms with van der Waals surface area (Å²) in [5.41, 5.74) is 10.9. The van der Waals surface area contributed by atoms with Crippen LogP contribution in [0.4, 0.5) is 0 Å². The van der Waals surface area contributed by atoms with Crippen LogP contribution in [-0.4, -0.2) is 9.55 Å². The van der Waals surface area contributed by atoms with E-state index in [-0.39, 0.29) is 0 Å². The van der Waals surface area contributed by atoms with Crippen molar-refractivity contribution < 1.29 is 4.57 Å². The van der Waals surface area contributed by atoms with E-state index in [9.17, 15) is 0 Å². The number of para-hydroxylation sites is 1. The first-order valence-electron chi connectivity index (χ1n) is 16.6. The van der Waals surface area contributed by atoms with Crippen molar-refractivity contribution in [1.29, 1.82) is 0 Å². The molecule has 2 aromatic heterocycles. The number of nitrogens with zero attached hydrogens (tertiary/aromatic N) is 2. The van der Waals surface area contributed by atoms with Gasteiger partial charge >= 0.3 is 0 Å². The second-order valence-corrected chi connectivity index (χ2v) is 15.4. The summed E-state index contributed by atoms with van der Waals surface area (Å²) < 4.78 is 18.1. The molecule has 4 heteroatoms. The zero-order chi connectivity index (χ0) is 32.5. The number of hydrogen-bond donors (Lipinski definition) is 0. The first-order valence-corrected chi connectivity index (χ1v) is 18.3. The van der Waals surface area contributed by atoms with Crippen molar-refractivity contribution in [3.63, 3.8) is 0 Å². The Bertz CT molecular complexity index is 2780. The fourth-order valence-electron chi connectivity index (χ4n) is 7.75. The van der Waals surface area contributed by atoms with Crippen molar-refractivity contribution in [2.24, 2.45) is 0 Å². The number of hydrogen-bond acceptors (Lipinski definition) is 2. The van der Waals surface area contributed by atoms with E-state index in [1.165, 1.54) is 0 Å². The molecule has 1 atom stereocenters. The molecule has 1 aliphatic rings. The van der Waals surface area contributed by atoms with Gasteiger partial charge in [-0.15, -0.1) is 0 Å². The van der Waals surface area contributed by atoms with Crippen molar-refractivity contribution in [1.82, 2.24) is 9.55 Å². The zero-order valence-electron chi connectivity index (χ0n) is 26.5. The molecule has 0 fully saturated rings. The lowest BCUT2D eigenvalue weighted by Crippen LogP contribution is -2.22. The molecule has 0 aliphatic carbocycles. The molecule has 49 heavy (non-hydrogen) atoms. The molecule has 0 saturated heterocycles. The lowest BCUT2D eigenvalue weighted by molar-refractivity contribution is 0.593. The Morgan fingerprint density at radius 1 is 0.510 bits per heavy atom. The SMILES string of the molecule is O=P1(c2ccccc2)c2ccccc2-c2ccc3c4ccccc4n(-c4ccc(-c5ccc(-c6ccc7cccnc7c6)cc5)cc4)c3c21. The van der Waals surface area contributed by atoms with E-state index in [1.54, 1.807) is 0 Å². The number of pyridine rings is 1. The minimum absolute atomic E-state index is 0.865. The number of rotatable bonds is 4. The maximum atomic E-state index is 15.8. The zero-order valence-corrected chi connectivity index (χ0v) is 27.4. The molecule has 3 heterocycles. The van der Waals surface area contributed by atoms with Crippen LogP contribution in [0.2, 0.25) is 0 Å². The maximum Gasteiger partial charge on any atom is 0.174 e. The minimum Gasteiger partial charge on any atom is -0.309 e. The highest BCUT2D eigenvalue weighted by Crippen LogP contribution is 2.54. The van der Waals surface area contributed by atoms with E-state index in [4.69, 9.17) is 0 Å². The van der Waals surface area contributed by atoms with Crippen LogP contribution >= 0.6 is 7.14 Å². The normalized spacial score (nSPS) is 15.1. The molecular weight excluding hydrogens is 615 g/mol. The van der Waals surface area contributed by atoms with E-state index < -0.39 is 7.14 Å². The third kappa shape index (κ3) is 4.16. The standard InChI is InChI=1S/C45H29N2OP/c48-49(36-10-2-1-3-11-36)43-15-7-5-13-38(43)40-27-26-39-37-12-4-6-14-42(37)47(44(39)45(40)49)35-24-22-31(23-25-35)30-16-18-32(19-17-30)34-21-20-33-9-8-28-46-41(33)29-34/h1-29H. The smallest absolute Gasteiger partial charge is 0.174 e. The van der Waals surface area contributed by atoms with E-state index in [0.29, 0.717) is 0 Å². The Balaban J connectivity index is 1.12. The Kier molecular flexibility index (Phi) is 6.15. The first-order chi connectivity index (χ1) is 24.2. The Morgan fingerprint density at radius 2 is 1.18 bits per heavy atom. The van der Waals surface area contributed by atoms with Gasteiger partial charge in [0.1, 0.15) is 0 Å². The summed E-state index contributed by atoms with van der Waals surface area (Å²) in [4.78, 5) is 4.53. The predicted molar refractivity (Wildman–Crippen MR) is 205 cm³/mol. The quantitative estimate of drug-likeness (QED) is 0.179. The van der Waals surface area contributed by atoms with Gasteiger partial charge in [0, 0.05) is 38.7 Å². The van der Waals surface area contributed by atoms with Crippen LogP contribution in [0.3, 0.4) is 0 Å². The van der Waals surface area contributed by atoms with Gasteiger partial charge in [-0.25, -0.2) is 0 Å². The van der Waals surface area contributed by atoms with Crippen LogP contribution < -0.4 is 15.9 Å². The number of benzene rings is 7. The fraction of sp³-hybridized carbons (Fsp3) is 0. The average Bonchev–Trinajstić information content (AvgIpc) is 3.65. The minimum atomic E-state index is -3.18. The summed E-state index contributed by atoms with van der Waals surface area (Å²) in [6, 6.07) is 59.2. The van der Waals surface area contributed by atoms with Crippen LogP contribution in [0.5, 0.6) is 0 Å². The van der Waals surface area contributed by atoms with Gasteiger partial charge < -0.3 is 9.13 Å². The van der Waals surface area contributed by atoms with Gasteiger partial charge in [-0.3, -0.25) is 4.98 Å². The molecule has 10 rings (SSSR count). The topological polar surface area (TPSA) is 34.9 Å². The Labute approximate surface area is 284 Å². The molecule has 1 aliphatic heterocycles. The van der Waals surface area contributed by atoms with E-state index >= 15 is 4.57 Å². The van der Waals surface area contributed by atoms with Crippen LogP contribution in [0.15, 0.2) is 176 Å². The molecule has 0 saturated carbocycles. The largest absolute Gasteiger partial charge is 0.309 e. The van der Waals surface area contributed by atoms with Crippen LogP contribution in [0, 0.1) is 0 Å². The van der Waals surface area contributed by atoms with Crippen LogP contribution in [-0.2, 0) is 4.57 Å². The van der Waals surface area contributed by atoms with E-state index in [1.807, 2.05) is 54.7 Å². The molecule has 7 aromatic carbocycles. The Hall–Kier alpha value is -6.02. The van der Waals surface area contributed by atoms with Gasteiger partial charge in [-0.05, 0) is 63.7 Å². The summed E-state index contributed by atoms with van der Waals surface area (Å²) >= 11 is 0. The summed E-state index contributed by atoms with van der Waals surface area (Å²) in [5, 5.41) is 6.12. The van der Waals surface area contributed by atoms with Gasteiger partial charge in [0.25, 0.3) is 0 Å². The first kappa shape index (κ1) is 28.0. The van der Waals surface area contributed by atoms with Crippen LogP contribution in [0.1, 0.15) is 0 Å². The van der Waals surface area contributed by atoms with Gasteiger partial charge in [0.15, 0.2) is 7.14 Å². The lowest BCUT2D eigenvalue weighted by Gasteiger charge is -2.18. The molecule has 230 valence electrons. The summed E-state index contributed by atoms with van der Waals surface area (Å²) in [6.45, 7) is 0. The van der Waals surface area contributed by atoms with E-state index in [0.717, 1.165) is 87.7 Å². The van der Waals surface area contributed by atoms with Gasteiger partial charge in [0.2, 0.25) is 0 Å². The molecular formula is C45H29N2OP. The number of aromatic nitrogens is 2. The van der Waals surface area contributed by atoms with Crippen molar-refractivity contribution >= 4 is 55.8 Å². The second kappa shape index (κ2) is 10.8. The van der Waals surface area contributed by atoms with Crippen LogP contribution in [0.25, 0.3) is 71.8 Å². The molecule has 1 unspecified atom stereocenters. The third-order valence-electron chi connectivity index (χ3n) is 10.1. The summed E-state index contributed by atoms with van der Waals surface area (Å²) in [7, 11) is -3.18. The molecule has 0 radical (unpaired) electrons. The van der Waals surface area contributed by atoms with Gasteiger partial charge in [-0.1, -0.05) is 140 Å². The van der Waals surface area contributed by atoms with Crippen molar-refractivity contribution in [2.75, 3.05) is 0 Å². The third-order valence-corrected chi connectivity index (χ3v) is 13.2. The molecule has 9 aromatic rings. The fourth-order valence-corrected chi connectivity index (χ4v) is 11.0.